The fraction of sp³-hybridized carbons (Fsp3) is 0.409. The average Bonchev–Trinajstić information content (AvgIpc) is 3.36. The van der Waals surface area contributed by atoms with Gasteiger partial charge in [-0.3, -0.25) is 5.10 Å². The number of anilines is 3. The van der Waals surface area contributed by atoms with Crippen LogP contribution in [0.5, 0.6) is 0 Å². The van der Waals surface area contributed by atoms with Crippen molar-refractivity contribution in [2.45, 2.75) is 45.3 Å². The summed E-state index contributed by atoms with van der Waals surface area (Å²) in [6, 6.07) is 10.6. The highest BCUT2D eigenvalue weighted by molar-refractivity contribution is 5.66. The molecule has 1 aromatic carbocycles. The van der Waals surface area contributed by atoms with E-state index in [1.54, 1.807) is 6.20 Å². The molecule has 2 N–H and O–H groups in total. The number of fused-ring (bicyclic) bond motifs is 1. The third-order valence-corrected chi connectivity index (χ3v) is 5.59. The lowest BCUT2D eigenvalue weighted by atomic mass is 10.0. The van der Waals surface area contributed by atoms with Crippen molar-refractivity contribution in [2.24, 2.45) is 0 Å². The van der Waals surface area contributed by atoms with Gasteiger partial charge >= 0.3 is 0 Å². The Morgan fingerprint density at radius 3 is 2.72 bits per heavy atom. The fourth-order valence-electron chi connectivity index (χ4n) is 4.32. The first-order valence-corrected chi connectivity index (χ1v) is 10.3. The molecule has 2 aliphatic rings. The molecule has 1 aliphatic heterocycles. The standard InChI is InChI=1S/C22H26N6O/c1-14-12-28(13-15(2)29-14)22-23-9-8-20(25-22)24-21-11-19(26-27-21)18-7-6-16-4-3-5-17(16)10-18/h6-11,14-15H,3-5,12-13H2,1-2H3,(H2,23,24,25,26,27)/t14-,15+. The van der Waals surface area contributed by atoms with Crippen LogP contribution in [-0.2, 0) is 17.6 Å². The van der Waals surface area contributed by atoms with Crippen LogP contribution in [0.1, 0.15) is 31.4 Å². The van der Waals surface area contributed by atoms with E-state index in [1.165, 1.54) is 36.0 Å². The van der Waals surface area contributed by atoms with Crippen LogP contribution in [0, 0.1) is 0 Å². The lowest BCUT2D eigenvalue weighted by molar-refractivity contribution is -0.00571. The molecule has 5 rings (SSSR count). The zero-order valence-electron chi connectivity index (χ0n) is 16.9. The second-order valence-electron chi connectivity index (χ2n) is 8.03. The summed E-state index contributed by atoms with van der Waals surface area (Å²) >= 11 is 0. The van der Waals surface area contributed by atoms with E-state index in [0.29, 0.717) is 5.95 Å². The Morgan fingerprint density at radius 1 is 1.03 bits per heavy atom. The SMILES string of the molecule is C[C@@H]1CN(c2nccc(Nc3cc(-c4ccc5c(c4)CCC5)[nH]n3)n2)C[C@H](C)O1. The minimum atomic E-state index is 0.167. The Hall–Kier alpha value is -2.93. The minimum Gasteiger partial charge on any atom is -0.372 e. The predicted molar refractivity (Wildman–Crippen MR) is 114 cm³/mol. The molecule has 0 amide bonds. The van der Waals surface area contributed by atoms with Gasteiger partial charge in [0, 0.05) is 25.4 Å². The number of aromatic amines is 1. The van der Waals surface area contributed by atoms with Gasteiger partial charge in [0.15, 0.2) is 5.82 Å². The van der Waals surface area contributed by atoms with Gasteiger partial charge in [0.05, 0.1) is 17.9 Å². The Bertz CT molecular complexity index is 1010. The maximum Gasteiger partial charge on any atom is 0.227 e. The molecule has 7 heteroatoms. The van der Waals surface area contributed by atoms with Gasteiger partial charge in [-0.2, -0.15) is 10.1 Å². The molecule has 1 aliphatic carbocycles. The van der Waals surface area contributed by atoms with Crippen LogP contribution in [0.15, 0.2) is 36.5 Å². The zero-order chi connectivity index (χ0) is 19.8. The molecule has 29 heavy (non-hydrogen) atoms. The third-order valence-electron chi connectivity index (χ3n) is 5.59. The number of hydrogen-bond acceptors (Lipinski definition) is 6. The van der Waals surface area contributed by atoms with Gasteiger partial charge in [0.25, 0.3) is 0 Å². The van der Waals surface area contributed by atoms with Crippen LogP contribution in [0.4, 0.5) is 17.6 Å². The van der Waals surface area contributed by atoms with E-state index >= 15 is 0 Å². The number of nitrogens with one attached hydrogen (secondary N) is 2. The molecule has 0 unspecified atom stereocenters. The maximum atomic E-state index is 5.81. The average molecular weight is 390 g/mol. The molecule has 1 saturated heterocycles. The molecule has 150 valence electrons. The number of benzene rings is 1. The molecule has 2 aromatic heterocycles. The summed E-state index contributed by atoms with van der Waals surface area (Å²) in [5.74, 6) is 2.19. The van der Waals surface area contributed by atoms with Gasteiger partial charge in [-0.15, -0.1) is 0 Å². The van der Waals surface area contributed by atoms with Gasteiger partial charge in [0.1, 0.15) is 5.82 Å². The highest BCUT2D eigenvalue weighted by atomic mass is 16.5. The molecular weight excluding hydrogens is 364 g/mol. The van der Waals surface area contributed by atoms with Crippen LogP contribution in [0.3, 0.4) is 0 Å². The van der Waals surface area contributed by atoms with Crippen molar-refractivity contribution < 1.29 is 4.74 Å². The van der Waals surface area contributed by atoms with Crippen molar-refractivity contribution in [1.82, 2.24) is 20.2 Å². The zero-order valence-corrected chi connectivity index (χ0v) is 16.9. The molecule has 0 spiro atoms. The van der Waals surface area contributed by atoms with Crippen LogP contribution < -0.4 is 10.2 Å². The first-order valence-electron chi connectivity index (χ1n) is 10.3. The largest absolute Gasteiger partial charge is 0.372 e. The number of aryl methyl sites for hydroxylation is 2. The topological polar surface area (TPSA) is 79.0 Å². The van der Waals surface area contributed by atoms with Gasteiger partial charge < -0.3 is 15.0 Å². The molecule has 3 heterocycles. The number of nitrogens with zero attached hydrogens (tertiary/aromatic N) is 4. The number of hydrogen-bond donors (Lipinski definition) is 2. The van der Waals surface area contributed by atoms with E-state index in [9.17, 15) is 0 Å². The molecule has 0 bridgehead atoms. The van der Waals surface area contributed by atoms with Gasteiger partial charge in [0.2, 0.25) is 5.95 Å². The smallest absolute Gasteiger partial charge is 0.227 e. The summed E-state index contributed by atoms with van der Waals surface area (Å²) in [7, 11) is 0. The monoisotopic (exact) mass is 390 g/mol. The van der Waals surface area contributed by atoms with E-state index in [0.717, 1.165) is 30.4 Å². The Kier molecular flexibility index (Phi) is 4.67. The molecule has 3 aromatic rings. The molecule has 0 radical (unpaired) electrons. The van der Waals surface area contributed by atoms with Gasteiger partial charge in [-0.1, -0.05) is 12.1 Å². The Balaban J connectivity index is 1.32. The summed E-state index contributed by atoms with van der Waals surface area (Å²) in [6.07, 6.45) is 5.74. The van der Waals surface area contributed by atoms with E-state index in [1.807, 2.05) is 12.1 Å². The van der Waals surface area contributed by atoms with E-state index in [-0.39, 0.29) is 12.2 Å². The number of morpholine rings is 1. The summed E-state index contributed by atoms with van der Waals surface area (Å²) in [6.45, 7) is 5.74. The lowest BCUT2D eigenvalue weighted by Gasteiger charge is -2.35. The highest BCUT2D eigenvalue weighted by Gasteiger charge is 2.24. The maximum absolute atomic E-state index is 5.81. The van der Waals surface area contributed by atoms with Crippen molar-refractivity contribution in [3.63, 3.8) is 0 Å². The minimum absolute atomic E-state index is 0.167. The predicted octanol–water partition coefficient (Wildman–Crippen LogP) is 3.71. The van der Waals surface area contributed by atoms with Crippen molar-refractivity contribution in [3.8, 4) is 11.3 Å². The summed E-state index contributed by atoms with van der Waals surface area (Å²) < 4.78 is 5.81. The quantitative estimate of drug-likeness (QED) is 0.707. The number of rotatable bonds is 4. The van der Waals surface area contributed by atoms with Crippen LogP contribution in [0.25, 0.3) is 11.3 Å². The van der Waals surface area contributed by atoms with Gasteiger partial charge in [-0.25, -0.2) is 4.98 Å². The van der Waals surface area contributed by atoms with Crippen molar-refractivity contribution in [1.29, 1.82) is 0 Å². The second-order valence-corrected chi connectivity index (χ2v) is 8.03. The Labute approximate surface area is 170 Å². The number of ether oxygens (including phenoxy) is 1. The fourth-order valence-corrected chi connectivity index (χ4v) is 4.32. The van der Waals surface area contributed by atoms with Crippen molar-refractivity contribution in [2.75, 3.05) is 23.3 Å². The first kappa shape index (κ1) is 18.1. The first-order chi connectivity index (χ1) is 14.1. The van der Waals surface area contributed by atoms with E-state index in [4.69, 9.17) is 4.74 Å². The summed E-state index contributed by atoms with van der Waals surface area (Å²) in [4.78, 5) is 11.3. The summed E-state index contributed by atoms with van der Waals surface area (Å²) in [5.41, 5.74) is 5.12. The summed E-state index contributed by atoms with van der Waals surface area (Å²) in [5, 5.41) is 10.9. The van der Waals surface area contributed by atoms with E-state index in [2.05, 4.69) is 62.4 Å². The van der Waals surface area contributed by atoms with Crippen LogP contribution in [-0.4, -0.2) is 45.5 Å². The Morgan fingerprint density at radius 2 is 1.86 bits per heavy atom. The molecule has 2 atom stereocenters. The van der Waals surface area contributed by atoms with E-state index < -0.39 is 0 Å². The number of H-pyrrole nitrogens is 1. The van der Waals surface area contributed by atoms with Crippen molar-refractivity contribution >= 4 is 17.6 Å². The molecule has 0 saturated carbocycles. The molecular formula is C22H26N6O. The lowest BCUT2D eigenvalue weighted by Crippen LogP contribution is -2.46. The van der Waals surface area contributed by atoms with Crippen molar-refractivity contribution in [3.05, 3.63) is 47.7 Å². The highest BCUT2D eigenvalue weighted by Crippen LogP contribution is 2.28. The second kappa shape index (κ2) is 7.48. The molecule has 1 fully saturated rings. The normalized spacial score (nSPS) is 21.2. The number of aromatic nitrogens is 4. The van der Waals surface area contributed by atoms with Crippen LogP contribution in [0.2, 0.25) is 0 Å². The van der Waals surface area contributed by atoms with Crippen LogP contribution >= 0.6 is 0 Å². The van der Waals surface area contributed by atoms with Gasteiger partial charge in [-0.05, 0) is 61.9 Å². The molecule has 7 nitrogen and oxygen atoms in total. The third kappa shape index (κ3) is 3.82.